The second kappa shape index (κ2) is 8.13. The SMILES string of the molecule is Cc1cc(OC2CCCN(C(=O)COc3cccc4c3OC(C)(C)C4)C2)nc(C)n1. The molecule has 7 heteroatoms. The molecule has 160 valence electrons. The fraction of sp³-hybridized carbons (Fsp3) is 0.522. The van der Waals surface area contributed by atoms with E-state index in [9.17, 15) is 4.79 Å². The number of para-hydroxylation sites is 1. The standard InChI is InChI=1S/C23H29N3O4/c1-15-11-20(25-16(2)24-15)29-18-8-6-10-26(13-18)21(27)14-28-19-9-5-7-17-12-23(3,4)30-22(17)19/h5,7,9,11,18H,6,8,10,12-14H2,1-4H3. The molecule has 1 aromatic carbocycles. The van der Waals surface area contributed by atoms with E-state index in [1.165, 1.54) is 0 Å². The second-order valence-electron chi connectivity index (χ2n) is 8.69. The Bertz CT molecular complexity index is 924. The van der Waals surface area contributed by atoms with E-state index in [1.807, 2.05) is 43.0 Å². The number of hydrogen-bond acceptors (Lipinski definition) is 6. The summed E-state index contributed by atoms with van der Waals surface area (Å²) in [6.45, 7) is 9.09. The minimum Gasteiger partial charge on any atom is -0.483 e. The maximum Gasteiger partial charge on any atom is 0.260 e. The summed E-state index contributed by atoms with van der Waals surface area (Å²) in [5.41, 5.74) is 1.74. The molecule has 0 radical (unpaired) electrons. The Morgan fingerprint density at radius 2 is 2.13 bits per heavy atom. The third-order valence-electron chi connectivity index (χ3n) is 5.37. The van der Waals surface area contributed by atoms with E-state index >= 15 is 0 Å². The first-order valence-electron chi connectivity index (χ1n) is 10.5. The third kappa shape index (κ3) is 4.66. The summed E-state index contributed by atoms with van der Waals surface area (Å²) in [7, 11) is 0. The first-order valence-corrected chi connectivity index (χ1v) is 10.5. The number of ether oxygens (including phenoxy) is 3. The van der Waals surface area contributed by atoms with Gasteiger partial charge in [0.05, 0.1) is 6.54 Å². The van der Waals surface area contributed by atoms with Crippen LogP contribution in [0, 0.1) is 13.8 Å². The molecule has 3 heterocycles. The molecule has 0 spiro atoms. The van der Waals surface area contributed by atoms with Gasteiger partial charge in [0.1, 0.15) is 17.5 Å². The minimum atomic E-state index is -0.249. The zero-order valence-electron chi connectivity index (χ0n) is 18.1. The fourth-order valence-electron chi connectivity index (χ4n) is 4.11. The maximum absolute atomic E-state index is 12.8. The molecule has 30 heavy (non-hydrogen) atoms. The van der Waals surface area contributed by atoms with Crippen LogP contribution < -0.4 is 14.2 Å². The molecule has 1 saturated heterocycles. The number of piperidine rings is 1. The number of likely N-dealkylation sites (tertiary alicyclic amines) is 1. The summed E-state index contributed by atoms with van der Waals surface area (Å²) >= 11 is 0. The lowest BCUT2D eigenvalue weighted by atomic mass is 10.0. The number of amides is 1. The summed E-state index contributed by atoms with van der Waals surface area (Å²) in [6.07, 6.45) is 2.53. The molecule has 0 N–H and O–H groups in total. The number of benzene rings is 1. The van der Waals surface area contributed by atoms with Gasteiger partial charge in [-0.05, 0) is 46.6 Å². The Balaban J connectivity index is 1.35. The van der Waals surface area contributed by atoms with Gasteiger partial charge >= 0.3 is 0 Å². The largest absolute Gasteiger partial charge is 0.483 e. The Morgan fingerprint density at radius 1 is 1.30 bits per heavy atom. The lowest BCUT2D eigenvalue weighted by Gasteiger charge is -2.32. The molecule has 7 nitrogen and oxygen atoms in total. The molecule has 2 aromatic rings. The molecule has 1 fully saturated rings. The summed E-state index contributed by atoms with van der Waals surface area (Å²) in [6, 6.07) is 7.67. The molecule has 0 saturated carbocycles. The lowest BCUT2D eigenvalue weighted by molar-refractivity contribution is -0.136. The van der Waals surface area contributed by atoms with E-state index in [0.717, 1.165) is 36.3 Å². The zero-order chi connectivity index (χ0) is 21.3. The van der Waals surface area contributed by atoms with Crippen molar-refractivity contribution in [2.45, 2.75) is 58.7 Å². The summed E-state index contributed by atoms with van der Waals surface area (Å²) in [5.74, 6) is 2.58. The van der Waals surface area contributed by atoms with Crippen molar-refractivity contribution in [1.82, 2.24) is 14.9 Å². The van der Waals surface area contributed by atoms with E-state index in [1.54, 1.807) is 0 Å². The maximum atomic E-state index is 12.8. The highest BCUT2D eigenvalue weighted by molar-refractivity contribution is 5.78. The smallest absolute Gasteiger partial charge is 0.260 e. The van der Waals surface area contributed by atoms with Gasteiger partial charge in [-0.15, -0.1) is 0 Å². The van der Waals surface area contributed by atoms with Crippen molar-refractivity contribution in [2.75, 3.05) is 19.7 Å². The monoisotopic (exact) mass is 411 g/mol. The molecule has 1 aromatic heterocycles. The number of rotatable bonds is 5. The lowest BCUT2D eigenvalue weighted by Crippen LogP contribution is -2.46. The normalized spacial score (nSPS) is 19.7. The molecule has 0 bridgehead atoms. The van der Waals surface area contributed by atoms with Gasteiger partial charge < -0.3 is 19.1 Å². The predicted molar refractivity (Wildman–Crippen MR) is 112 cm³/mol. The molecule has 1 amide bonds. The van der Waals surface area contributed by atoms with Gasteiger partial charge in [-0.2, -0.15) is 4.98 Å². The third-order valence-corrected chi connectivity index (χ3v) is 5.37. The van der Waals surface area contributed by atoms with Crippen molar-refractivity contribution in [3.63, 3.8) is 0 Å². The number of aromatic nitrogens is 2. The molecule has 4 rings (SSSR count). The van der Waals surface area contributed by atoms with Gasteiger partial charge in [0, 0.05) is 30.3 Å². The van der Waals surface area contributed by atoms with Gasteiger partial charge in [0.25, 0.3) is 5.91 Å². The topological polar surface area (TPSA) is 73.8 Å². The van der Waals surface area contributed by atoms with Crippen LogP contribution in [0.2, 0.25) is 0 Å². The highest BCUT2D eigenvalue weighted by atomic mass is 16.5. The van der Waals surface area contributed by atoms with Crippen LogP contribution in [-0.4, -0.2) is 52.2 Å². The number of hydrogen-bond donors (Lipinski definition) is 0. The highest BCUT2D eigenvalue weighted by Gasteiger charge is 2.33. The van der Waals surface area contributed by atoms with Crippen LogP contribution in [0.1, 0.15) is 43.8 Å². The Labute approximate surface area is 177 Å². The summed E-state index contributed by atoms with van der Waals surface area (Å²) < 4.78 is 17.9. The molecule has 0 aliphatic carbocycles. The first kappa shape index (κ1) is 20.4. The van der Waals surface area contributed by atoms with Gasteiger partial charge in [0.15, 0.2) is 18.1 Å². The van der Waals surface area contributed by atoms with Gasteiger partial charge in [-0.1, -0.05) is 12.1 Å². The van der Waals surface area contributed by atoms with Crippen molar-refractivity contribution in [3.05, 3.63) is 41.3 Å². The average Bonchev–Trinajstić information content (AvgIpc) is 3.00. The molecular weight excluding hydrogens is 382 g/mol. The van der Waals surface area contributed by atoms with Crippen molar-refractivity contribution in [3.8, 4) is 17.4 Å². The van der Waals surface area contributed by atoms with Gasteiger partial charge in [-0.25, -0.2) is 4.98 Å². The zero-order valence-corrected chi connectivity index (χ0v) is 18.1. The number of carbonyl (C=O) groups excluding carboxylic acids is 1. The molecule has 1 unspecified atom stereocenters. The van der Waals surface area contributed by atoms with Crippen LogP contribution in [0.25, 0.3) is 0 Å². The van der Waals surface area contributed by atoms with E-state index in [4.69, 9.17) is 14.2 Å². The van der Waals surface area contributed by atoms with Crippen molar-refractivity contribution in [2.24, 2.45) is 0 Å². The Kier molecular flexibility index (Phi) is 5.54. The van der Waals surface area contributed by atoms with Gasteiger partial charge in [-0.3, -0.25) is 4.79 Å². The number of nitrogens with zero attached hydrogens (tertiary/aromatic N) is 3. The van der Waals surface area contributed by atoms with Crippen LogP contribution >= 0.6 is 0 Å². The van der Waals surface area contributed by atoms with Crippen molar-refractivity contribution < 1.29 is 19.0 Å². The molecule has 2 aliphatic heterocycles. The van der Waals surface area contributed by atoms with Crippen molar-refractivity contribution in [1.29, 1.82) is 0 Å². The Hall–Kier alpha value is -2.83. The number of carbonyl (C=O) groups is 1. The highest BCUT2D eigenvalue weighted by Crippen LogP contribution is 2.41. The van der Waals surface area contributed by atoms with Crippen LogP contribution in [0.4, 0.5) is 0 Å². The fourth-order valence-corrected chi connectivity index (χ4v) is 4.11. The van der Waals surface area contributed by atoms with Crippen LogP contribution in [0.5, 0.6) is 17.4 Å². The summed E-state index contributed by atoms with van der Waals surface area (Å²) in [5, 5.41) is 0. The Morgan fingerprint density at radius 3 is 2.93 bits per heavy atom. The number of aryl methyl sites for hydroxylation is 2. The van der Waals surface area contributed by atoms with Crippen LogP contribution in [-0.2, 0) is 11.2 Å². The van der Waals surface area contributed by atoms with E-state index in [2.05, 4.69) is 23.8 Å². The summed E-state index contributed by atoms with van der Waals surface area (Å²) in [4.78, 5) is 23.2. The van der Waals surface area contributed by atoms with Crippen LogP contribution in [0.15, 0.2) is 24.3 Å². The predicted octanol–water partition coefficient (Wildman–Crippen LogP) is 3.26. The van der Waals surface area contributed by atoms with E-state index in [-0.39, 0.29) is 24.2 Å². The quantitative estimate of drug-likeness (QED) is 0.752. The number of fused-ring (bicyclic) bond motifs is 1. The average molecular weight is 412 g/mol. The first-order chi connectivity index (χ1) is 14.3. The van der Waals surface area contributed by atoms with Crippen LogP contribution in [0.3, 0.4) is 0 Å². The van der Waals surface area contributed by atoms with E-state index in [0.29, 0.717) is 30.5 Å². The minimum absolute atomic E-state index is 0.0152. The second-order valence-corrected chi connectivity index (χ2v) is 8.69. The van der Waals surface area contributed by atoms with E-state index < -0.39 is 0 Å². The molecular formula is C23H29N3O4. The molecule has 2 aliphatic rings. The van der Waals surface area contributed by atoms with Crippen molar-refractivity contribution >= 4 is 5.91 Å². The molecule has 1 atom stereocenters. The van der Waals surface area contributed by atoms with Gasteiger partial charge in [0.2, 0.25) is 5.88 Å².